The number of likely N-dealkylation sites (tertiary alicyclic amines) is 1. The molecule has 0 radical (unpaired) electrons. The molecule has 4 saturated carbocycles. The summed E-state index contributed by atoms with van der Waals surface area (Å²) in [6.45, 7) is 15.9. The van der Waals surface area contributed by atoms with Crippen molar-refractivity contribution < 1.29 is 19.2 Å². The van der Waals surface area contributed by atoms with Crippen LogP contribution in [0.3, 0.4) is 0 Å². The molecule has 0 unspecified atom stereocenters. The van der Waals surface area contributed by atoms with Crippen LogP contribution >= 0.6 is 0 Å². The van der Waals surface area contributed by atoms with Crippen molar-refractivity contribution in [2.45, 2.75) is 103 Å². The largest absolute Gasteiger partial charge is 0.344 e. The number of hydrogen-bond acceptors (Lipinski definition) is 4. The Bertz CT molecular complexity index is 1330. The SMILES string of the molecule is [C-]#[N+][C@@H]1C[C@@]2(CN1C(=O)[C@H](CC(C)C)N(CC)C(=O)[C@H](C)NC(=O)C13CC4CC(CC(C4)C1)C3)C(=O)Nc1ccccc12. The zero-order valence-electron chi connectivity index (χ0n) is 25.9. The Morgan fingerprint density at radius 2 is 1.70 bits per heavy atom. The van der Waals surface area contributed by atoms with Crippen LogP contribution in [-0.2, 0) is 24.6 Å². The molecule has 2 aliphatic heterocycles. The fourth-order valence-electron chi connectivity index (χ4n) is 9.53. The van der Waals surface area contributed by atoms with E-state index < -0.39 is 23.7 Å². The van der Waals surface area contributed by atoms with Gasteiger partial charge in [-0.1, -0.05) is 32.0 Å². The molecule has 1 aromatic rings. The summed E-state index contributed by atoms with van der Waals surface area (Å²) in [5, 5.41) is 6.03. The average Bonchev–Trinajstić information content (AvgIpc) is 3.49. The summed E-state index contributed by atoms with van der Waals surface area (Å²) in [7, 11) is 0. The van der Waals surface area contributed by atoms with Gasteiger partial charge < -0.3 is 15.5 Å². The molecule has 1 saturated heterocycles. The zero-order chi connectivity index (χ0) is 30.7. The molecule has 5 fully saturated rings. The maximum atomic E-state index is 14.4. The van der Waals surface area contributed by atoms with Crippen LogP contribution < -0.4 is 10.6 Å². The van der Waals surface area contributed by atoms with Crippen LogP contribution in [0.25, 0.3) is 4.85 Å². The lowest BCUT2D eigenvalue weighted by Gasteiger charge is -2.55. The van der Waals surface area contributed by atoms with E-state index in [1.807, 2.05) is 45.0 Å². The summed E-state index contributed by atoms with van der Waals surface area (Å²) >= 11 is 0. The summed E-state index contributed by atoms with van der Waals surface area (Å²) in [6, 6.07) is 5.90. The summed E-state index contributed by atoms with van der Waals surface area (Å²) in [6.07, 6.45) is 6.30. The standard InChI is InChI=1S/C34H45N5O4/c1-6-38(29(40)21(4)36-31(42)33-15-22-12-23(16-33)14-24(13-22)17-33)27(11-20(2)3)30(41)39-19-34(18-28(39)35-5)25-9-7-8-10-26(25)37-32(34)43/h7-10,20-24,27-28H,6,11-19H2,1-4H3,(H,36,42)(H,37,43)/t21-,22?,23?,24?,27-,28-,33?,34-/m0/s1. The van der Waals surface area contributed by atoms with Crippen molar-refractivity contribution in [2.75, 3.05) is 18.4 Å². The number of fused-ring (bicyclic) bond motifs is 2. The van der Waals surface area contributed by atoms with Crippen LogP contribution in [0.15, 0.2) is 24.3 Å². The lowest BCUT2D eigenvalue weighted by atomic mass is 9.49. The molecule has 9 heteroatoms. The first kappa shape index (κ1) is 29.7. The molecule has 4 amide bonds. The molecule has 1 spiro atoms. The van der Waals surface area contributed by atoms with Crippen LogP contribution in [0.2, 0.25) is 0 Å². The molecule has 2 heterocycles. The second-order valence-corrected chi connectivity index (χ2v) is 14.5. The van der Waals surface area contributed by atoms with E-state index >= 15 is 0 Å². The second-order valence-electron chi connectivity index (χ2n) is 14.5. The van der Waals surface area contributed by atoms with E-state index in [2.05, 4.69) is 15.5 Å². The number of benzene rings is 1. The minimum atomic E-state index is -0.982. The third-order valence-electron chi connectivity index (χ3n) is 11.1. The van der Waals surface area contributed by atoms with Crippen molar-refractivity contribution >= 4 is 29.3 Å². The van der Waals surface area contributed by atoms with E-state index in [0.29, 0.717) is 30.7 Å². The molecule has 9 nitrogen and oxygen atoms in total. The van der Waals surface area contributed by atoms with E-state index in [1.165, 1.54) is 24.2 Å². The number of nitrogens with zero attached hydrogens (tertiary/aromatic N) is 3. The summed E-state index contributed by atoms with van der Waals surface area (Å²) in [5.41, 5.74) is 0.189. The zero-order valence-corrected chi connectivity index (χ0v) is 25.9. The van der Waals surface area contributed by atoms with Crippen molar-refractivity contribution in [3.05, 3.63) is 41.2 Å². The highest BCUT2D eigenvalue weighted by Gasteiger charge is 2.59. The molecule has 230 valence electrons. The lowest BCUT2D eigenvalue weighted by molar-refractivity contribution is -0.152. The van der Waals surface area contributed by atoms with E-state index in [0.717, 1.165) is 30.5 Å². The maximum absolute atomic E-state index is 14.4. The number of amides is 4. The molecule has 6 aliphatic rings. The van der Waals surface area contributed by atoms with Gasteiger partial charge in [0.15, 0.2) is 0 Å². The van der Waals surface area contributed by atoms with E-state index in [4.69, 9.17) is 6.57 Å². The van der Waals surface area contributed by atoms with Crippen molar-refractivity contribution in [1.29, 1.82) is 0 Å². The van der Waals surface area contributed by atoms with Gasteiger partial charge >= 0.3 is 6.17 Å². The number of carbonyl (C=O) groups excluding carboxylic acids is 4. The molecular weight excluding hydrogens is 542 g/mol. The third-order valence-corrected chi connectivity index (χ3v) is 11.1. The van der Waals surface area contributed by atoms with Gasteiger partial charge in [-0.15, -0.1) is 0 Å². The lowest BCUT2D eigenvalue weighted by Crippen LogP contribution is -2.59. The van der Waals surface area contributed by atoms with Crippen LogP contribution in [0.1, 0.15) is 84.6 Å². The van der Waals surface area contributed by atoms with Crippen LogP contribution in [-0.4, -0.2) is 64.8 Å². The van der Waals surface area contributed by atoms with Gasteiger partial charge in [0.05, 0.1) is 6.42 Å². The van der Waals surface area contributed by atoms with Gasteiger partial charge in [0.25, 0.3) is 5.91 Å². The molecule has 4 aliphatic carbocycles. The second kappa shape index (κ2) is 10.9. The number of likely N-dealkylation sites (N-methyl/N-ethyl adjacent to an activating group) is 1. The first-order valence-electron chi connectivity index (χ1n) is 16.2. The van der Waals surface area contributed by atoms with Crippen molar-refractivity contribution in [3.63, 3.8) is 0 Å². The van der Waals surface area contributed by atoms with Crippen molar-refractivity contribution in [1.82, 2.24) is 15.1 Å². The Morgan fingerprint density at radius 3 is 2.28 bits per heavy atom. The van der Waals surface area contributed by atoms with Gasteiger partial charge in [-0.3, -0.25) is 28.9 Å². The number of anilines is 1. The number of para-hydroxylation sites is 1. The van der Waals surface area contributed by atoms with Gasteiger partial charge in [-0.25, -0.2) is 6.57 Å². The fraction of sp³-hybridized carbons (Fsp3) is 0.676. The highest BCUT2D eigenvalue weighted by atomic mass is 16.2. The molecule has 43 heavy (non-hydrogen) atoms. The van der Waals surface area contributed by atoms with Crippen LogP contribution in [0.4, 0.5) is 5.69 Å². The molecule has 4 atom stereocenters. The molecule has 4 bridgehead atoms. The van der Waals surface area contributed by atoms with E-state index in [1.54, 1.807) is 11.8 Å². The molecule has 2 N–H and O–H groups in total. The molecular formula is C34H45N5O4. The maximum Gasteiger partial charge on any atom is 0.302 e. The van der Waals surface area contributed by atoms with Crippen molar-refractivity contribution in [3.8, 4) is 0 Å². The number of nitrogens with one attached hydrogen (secondary N) is 2. The van der Waals surface area contributed by atoms with Gasteiger partial charge in [-0.2, -0.15) is 0 Å². The number of hydrogen-bond donors (Lipinski definition) is 2. The quantitative estimate of drug-likeness (QED) is 0.442. The van der Waals surface area contributed by atoms with Gasteiger partial charge in [-0.05, 0) is 94.1 Å². The minimum Gasteiger partial charge on any atom is -0.344 e. The third kappa shape index (κ3) is 4.91. The number of carbonyl (C=O) groups is 4. The Labute approximate surface area is 254 Å². The first-order chi connectivity index (χ1) is 20.5. The van der Waals surface area contributed by atoms with Gasteiger partial charge in [0.1, 0.15) is 17.5 Å². The van der Waals surface area contributed by atoms with Gasteiger partial charge in [0, 0.05) is 24.2 Å². The Hall–Kier alpha value is -3.41. The Morgan fingerprint density at radius 1 is 1.07 bits per heavy atom. The number of rotatable bonds is 8. The fourth-order valence-corrected chi connectivity index (χ4v) is 9.53. The molecule has 0 aromatic heterocycles. The minimum absolute atomic E-state index is 0.00398. The monoisotopic (exact) mass is 587 g/mol. The Balaban J connectivity index is 1.21. The molecule has 7 rings (SSSR count). The van der Waals surface area contributed by atoms with E-state index in [9.17, 15) is 19.2 Å². The predicted molar refractivity (Wildman–Crippen MR) is 162 cm³/mol. The summed E-state index contributed by atoms with van der Waals surface area (Å²) in [5.74, 6) is 1.18. The first-order valence-corrected chi connectivity index (χ1v) is 16.2. The normalized spacial score (nSPS) is 33.2. The van der Waals surface area contributed by atoms with Crippen LogP contribution in [0.5, 0.6) is 0 Å². The molecule has 1 aromatic carbocycles. The summed E-state index contributed by atoms with van der Waals surface area (Å²) < 4.78 is 0. The average molecular weight is 588 g/mol. The Kier molecular flexibility index (Phi) is 7.55. The van der Waals surface area contributed by atoms with Gasteiger partial charge in [0.2, 0.25) is 17.7 Å². The summed E-state index contributed by atoms with van der Waals surface area (Å²) in [4.78, 5) is 62.3. The highest BCUT2D eigenvalue weighted by Crippen LogP contribution is 2.60. The van der Waals surface area contributed by atoms with E-state index in [-0.39, 0.29) is 47.9 Å². The highest BCUT2D eigenvalue weighted by molar-refractivity contribution is 6.07. The topological polar surface area (TPSA) is 103 Å². The smallest absolute Gasteiger partial charge is 0.302 e. The predicted octanol–water partition coefficient (Wildman–Crippen LogP) is 4.34. The van der Waals surface area contributed by atoms with Crippen molar-refractivity contribution in [2.24, 2.45) is 29.1 Å². The van der Waals surface area contributed by atoms with Crippen LogP contribution in [0, 0.1) is 35.7 Å².